The first-order valence-corrected chi connectivity index (χ1v) is 12.1. The minimum atomic E-state index is 0.0877. The summed E-state index contributed by atoms with van der Waals surface area (Å²) in [6.07, 6.45) is 2.16. The number of hydrogen-bond acceptors (Lipinski definition) is 4. The number of thiazole rings is 1. The van der Waals surface area contributed by atoms with E-state index in [1.54, 1.807) is 23.1 Å². The van der Waals surface area contributed by atoms with Crippen LogP contribution in [0, 0.1) is 0 Å². The van der Waals surface area contributed by atoms with Crippen LogP contribution in [0.3, 0.4) is 0 Å². The summed E-state index contributed by atoms with van der Waals surface area (Å²) in [5.41, 5.74) is 3.56. The molecule has 0 N–H and O–H groups in total. The molecule has 0 aliphatic carbocycles. The number of aryl methyl sites for hydroxylation is 1. The van der Waals surface area contributed by atoms with E-state index in [4.69, 9.17) is 0 Å². The second-order valence-corrected chi connectivity index (χ2v) is 9.52. The number of hydrogen-bond donors (Lipinski definition) is 0. The Kier molecular flexibility index (Phi) is 5.20. The number of thioether (sulfide) groups is 1. The van der Waals surface area contributed by atoms with Gasteiger partial charge in [0.05, 0.1) is 5.69 Å². The van der Waals surface area contributed by atoms with Crippen LogP contribution in [0.15, 0.2) is 70.4 Å². The number of fused-ring (bicyclic) bond motifs is 2. The fourth-order valence-electron chi connectivity index (χ4n) is 4.15. The predicted molar refractivity (Wildman–Crippen MR) is 131 cm³/mol. The number of nitrogens with zero attached hydrogens (tertiary/aromatic N) is 3. The Morgan fingerprint density at radius 1 is 1.00 bits per heavy atom. The number of anilines is 1. The lowest BCUT2D eigenvalue weighted by Gasteiger charge is -2.11. The SMILES string of the molecule is CCn1c(=O)/c(=C2\Sc3ccccc3N2C)s/c1=C/c1ccc2ccccc2[n+]1CC. The van der Waals surface area contributed by atoms with E-state index in [-0.39, 0.29) is 5.56 Å². The molecule has 2 aromatic carbocycles. The number of aromatic nitrogens is 2. The standard InChI is InChI=1S/C25H24N3OS2/c1-4-27-18(15-14-17-10-6-7-11-19(17)27)16-22-28(5-2)24(29)23(31-22)25-26(3)20-12-8-9-13-21(20)30-25/h6-16H,4-5H2,1-3H3/q+1/b25-23+. The highest BCUT2D eigenvalue weighted by Crippen LogP contribution is 2.44. The van der Waals surface area contributed by atoms with Gasteiger partial charge in [-0.25, -0.2) is 0 Å². The summed E-state index contributed by atoms with van der Waals surface area (Å²) in [6, 6.07) is 21.0. The number of pyridine rings is 1. The molecule has 31 heavy (non-hydrogen) atoms. The third kappa shape index (κ3) is 3.30. The van der Waals surface area contributed by atoms with Gasteiger partial charge in [-0.3, -0.25) is 9.36 Å². The van der Waals surface area contributed by atoms with Gasteiger partial charge in [0.25, 0.3) is 5.56 Å². The molecule has 5 rings (SSSR count). The van der Waals surface area contributed by atoms with Crippen molar-refractivity contribution in [1.29, 1.82) is 0 Å². The lowest BCUT2D eigenvalue weighted by molar-refractivity contribution is -0.669. The van der Waals surface area contributed by atoms with E-state index in [1.165, 1.54) is 15.8 Å². The molecule has 0 amide bonds. The second-order valence-electron chi connectivity index (χ2n) is 7.46. The van der Waals surface area contributed by atoms with Crippen LogP contribution >= 0.6 is 23.1 Å². The second kappa shape index (κ2) is 8.02. The molecule has 1 aliphatic heterocycles. The maximum Gasteiger partial charge on any atom is 0.271 e. The van der Waals surface area contributed by atoms with E-state index in [1.807, 2.05) is 30.7 Å². The van der Waals surface area contributed by atoms with Gasteiger partial charge in [0, 0.05) is 42.1 Å². The third-order valence-electron chi connectivity index (χ3n) is 5.72. The zero-order valence-electron chi connectivity index (χ0n) is 17.8. The molecule has 6 heteroatoms. The first-order valence-electron chi connectivity index (χ1n) is 10.5. The van der Waals surface area contributed by atoms with Crippen LogP contribution in [0.25, 0.3) is 22.0 Å². The van der Waals surface area contributed by atoms with Gasteiger partial charge in [-0.15, -0.1) is 11.3 Å². The molecule has 1 aliphatic rings. The fraction of sp³-hybridized carbons (Fsp3) is 0.200. The first kappa shape index (κ1) is 20.1. The monoisotopic (exact) mass is 446 g/mol. The third-order valence-corrected chi connectivity index (χ3v) is 8.21. The Morgan fingerprint density at radius 3 is 2.55 bits per heavy atom. The van der Waals surface area contributed by atoms with Crippen molar-refractivity contribution in [2.45, 2.75) is 31.8 Å². The Morgan fingerprint density at radius 2 is 1.77 bits per heavy atom. The van der Waals surface area contributed by atoms with Gasteiger partial charge in [0.1, 0.15) is 20.8 Å². The van der Waals surface area contributed by atoms with Crippen molar-refractivity contribution in [2.75, 3.05) is 11.9 Å². The van der Waals surface area contributed by atoms with Crippen LogP contribution in [0.5, 0.6) is 0 Å². The molecule has 156 valence electrons. The van der Waals surface area contributed by atoms with Crippen molar-refractivity contribution in [3.8, 4) is 0 Å². The molecule has 0 bridgehead atoms. The normalized spacial score (nSPS) is 15.7. The molecule has 4 nitrogen and oxygen atoms in total. The summed E-state index contributed by atoms with van der Waals surface area (Å²) in [5.74, 6) is 0. The molecule has 0 spiro atoms. The molecule has 0 saturated carbocycles. The summed E-state index contributed by atoms with van der Waals surface area (Å²) < 4.78 is 5.98. The average Bonchev–Trinajstić information content (AvgIpc) is 3.29. The maximum atomic E-state index is 13.3. The van der Waals surface area contributed by atoms with Crippen molar-refractivity contribution in [2.24, 2.45) is 0 Å². The van der Waals surface area contributed by atoms with Crippen LogP contribution in [-0.4, -0.2) is 11.6 Å². The van der Waals surface area contributed by atoms with E-state index in [0.29, 0.717) is 6.54 Å². The summed E-state index contributed by atoms with van der Waals surface area (Å²) in [4.78, 5) is 16.7. The van der Waals surface area contributed by atoms with E-state index in [0.717, 1.165) is 32.2 Å². The summed E-state index contributed by atoms with van der Waals surface area (Å²) in [7, 11) is 2.04. The molecule has 0 saturated heterocycles. The van der Waals surface area contributed by atoms with Crippen molar-refractivity contribution in [3.05, 3.63) is 85.9 Å². The Balaban J connectivity index is 1.74. The van der Waals surface area contributed by atoms with E-state index < -0.39 is 0 Å². The van der Waals surface area contributed by atoms with Gasteiger partial charge in [0.2, 0.25) is 11.2 Å². The van der Waals surface area contributed by atoms with Crippen LogP contribution in [-0.2, 0) is 13.1 Å². The van der Waals surface area contributed by atoms with Gasteiger partial charge in [-0.05, 0) is 38.1 Å². The number of benzene rings is 2. The lowest BCUT2D eigenvalue weighted by Crippen LogP contribution is -2.38. The van der Waals surface area contributed by atoms with Crippen LogP contribution in [0.4, 0.5) is 5.69 Å². The molecular formula is C25H24N3OS2+. The highest BCUT2D eigenvalue weighted by atomic mass is 32.2. The summed E-state index contributed by atoms with van der Waals surface area (Å²) >= 11 is 3.26. The van der Waals surface area contributed by atoms with Crippen molar-refractivity contribution >= 4 is 50.8 Å². The van der Waals surface area contributed by atoms with Gasteiger partial charge in [0.15, 0.2) is 0 Å². The molecule has 0 unspecified atom stereocenters. The molecule has 4 aromatic rings. The molecule has 0 radical (unpaired) electrons. The smallest absolute Gasteiger partial charge is 0.271 e. The van der Waals surface area contributed by atoms with Gasteiger partial charge >= 0.3 is 0 Å². The average molecular weight is 447 g/mol. The van der Waals surface area contributed by atoms with Gasteiger partial charge in [-0.1, -0.05) is 36.0 Å². The molecule has 3 heterocycles. The zero-order chi connectivity index (χ0) is 21.5. The lowest BCUT2D eigenvalue weighted by atomic mass is 10.2. The highest BCUT2D eigenvalue weighted by Gasteiger charge is 2.24. The van der Waals surface area contributed by atoms with Crippen molar-refractivity contribution in [1.82, 2.24) is 4.57 Å². The quantitative estimate of drug-likeness (QED) is 0.451. The largest absolute Gasteiger partial charge is 0.337 e. The van der Waals surface area contributed by atoms with Crippen molar-refractivity contribution < 1.29 is 4.57 Å². The Hall–Kier alpha value is -2.83. The summed E-state index contributed by atoms with van der Waals surface area (Å²) in [6.45, 7) is 5.71. The summed E-state index contributed by atoms with van der Waals surface area (Å²) in [5, 5.41) is 2.23. The van der Waals surface area contributed by atoms with E-state index in [2.05, 4.69) is 71.0 Å². The van der Waals surface area contributed by atoms with E-state index >= 15 is 0 Å². The van der Waals surface area contributed by atoms with Crippen LogP contribution in [0.2, 0.25) is 0 Å². The van der Waals surface area contributed by atoms with E-state index in [9.17, 15) is 4.79 Å². The minimum absolute atomic E-state index is 0.0877. The minimum Gasteiger partial charge on any atom is -0.337 e. The van der Waals surface area contributed by atoms with Crippen molar-refractivity contribution in [3.63, 3.8) is 0 Å². The van der Waals surface area contributed by atoms with Crippen LogP contribution in [0.1, 0.15) is 19.5 Å². The Bertz CT molecular complexity index is 1480. The first-order chi connectivity index (χ1) is 15.1. The zero-order valence-corrected chi connectivity index (χ0v) is 19.5. The molecule has 0 fully saturated rings. The van der Waals surface area contributed by atoms with Crippen LogP contribution < -0.4 is 24.2 Å². The topological polar surface area (TPSA) is 29.1 Å². The number of rotatable bonds is 3. The van der Waals surface area contributed by atoms with Gasteiger partial charge in [-0.2, -0.15) is 4.57 Å². The molecular weight excluding hydrogens is 422 g/mol. The molecule has 0 atom stereocenters. The predicted octanol–water partition coefficient (Wildman–Crippen LogP) is 3.53. The molecule has 2 aromatic heterocycles. The number of para-hydroxylation sites is 2. The Labute approximate surface area is 189 Å². The maximum absolute atomic E-state index is 13.3. The fourth-order valence-corrected chi connectivity index (χ4v) is 6.62. The van der Waals surface area contributed by atoms with Gasteiger partial charge < -0.3 is 4.90 Å². The highest BCUT2D eigenvalue weighted by molar-refractivity contribution is 8.08.